The number of aromatic nitrogens is 3. The van der Waals surface area contributed by atoms with E-state index in [2.05, 4.69) is 63.6 Å². The molecule has 0 spiro atoms. The third kappa shape index (κ3) is 4.30. The van der Waals surface area contributed by atoms with E-state index < -0.39 is 0 Å². The van der Waals surface area contributed by atoms with Crippen molar-refractivity contribution in [2.24, 2.45) is 0 Å². The lowest BCUT2D eigenvalue weighted by molar-refractivity contribution is 0.164. The summed E-state index contributed by atoms with van der Waals surface area (Å²) in [6.07, 6.45) is 2.21. The van der Waals surface area contributed by atoms with Crippen LogP contribution in [0.15, 0.2) is 24.4 Å². The molecule has 3 aromatic heterocycles. The fourth-order valence-electron chi connectivity index (χ4n) is 3.65. The Morgan fingerprint density at radius 1 is 1.00 bits per heavy atom. The zero-order valence-electron chi connectivity index (χ0n) is 18.9. The Balaban J connectivity index is 2.17. The molecule has 0 N–H and O–H groups in total. The number of ether oxygens (including phenoxy) is 2. The van der Waals surface area contributed by atoms with Gasteiger partial charge in [-0.15, -0.1) is 0 Å². The van der Waals surface area contributed by atoms with Gasteiger partial charge in [0, 0.05) is 19.0 Å². The number of nitrogens with zero attached hydrogens (tertiary/aromatic N) is 3. The van der Waals surface area contributed by atoms with Gasteiger partial charge in [-0.3, -0.25) is 0 Å². The van der Waals surface area contributed by atoms with Gasteiger partial charge >= 0.3 is 0 Å². The normalized spacial score (nSPS) is 12.9. The number of pyridine rings is 2. The number of rotatable bonds is 7. The molecule has 0 radical (unpaired) electrons. The van der Waals surface area contributed by atoms with Crippen molar-refractivity contribution in [2.45, 2.75) is 66.5 Å². The Kier molecular flexibility index (Phi) is 6.27. The standard InChI is InChI=1S/C24H33N3O2/c1-14(2)20-10-9-19(24(25-20)29-15(3)4)22-16(5)11-21-23(26-22)17(6)12-27(21)18(7)13-28-8/h9-12,14-15,18H,13H2,1-8H3/t18-/m0/s1. The minimum Gasteiger partial charge on any atom is -0.474 e. The van der Waals surface area contributed by atoms with Crippen LogP contribution in [-0.2, 0) is 4.74 Å². The number of hydrogen-bond acceptors (Lipinski definition) is 4. The summed E-state index contributed by atoms with van der Waals surface area (Å²) in [6.45, 7) is 15.4. The van der Waals surface area contributed by atoms with Crippen LogP contribution < -0.4 is 4.74 Å². The molecule has 0 fully saturated rings. The molecule has 0 aliphatic rings. The molecule has 0 bridgehead atoms. The molecule has 156 valence electrons. The quantitative estimate of drug-likeness (QED) is 0.505. The zero-order chi connectivity index (χ0) is 21.3. The summed E-state index contributed by atoms with van der Waals surface area (Å²) in [4.78, 5) is 9.87. The van der Waals surface area contributed by atoms with Crippen LogP contribution in [0.5, 0.6) is 5.88 Å². The van der Waals surface area contributed by atoms with E-state index in [0.29, 0.717) is 18.4 Å². The van der Waals surface area contributed by atoms with Crippen molar-refractivity contribution in [1.29, 1.82) is 0 Å². The van der Waals surface area contributed by atoms with E-state index in [0.717, 1.165) is 39.1 Å². The molecule has 0 unspecified atom stereocenters. The lowest BCUT2D eigenvalue weighted by atomic mass is 10.0. The van der Waals surface area contributed by atoms with Gasteiger partial charge in [-0.2, -0.15) is 0 Å². The first-order valence-corrected chi connectivity index (χ1v) is 10.4. The second-order valence-corrected chi connectivity index (χ2v) is 8.46. The van der Waals surface area contributed by atoms with Gasteiger partial charge in [-0.05, 0) is 69.9 Å². The summed E-state index contributed by atoms with van der Waals surface area (Å²) in [5.41, 5.74) is 7.30. The average Bonchev–Trinajstić information content (AvgIpc) is 2.96. The Morgan fingerprint density at radius 3 is 2.34 bits per heavy atom. The third-order valence-corrected chi connectivity index (χ3v) is 5.14. The molecule has 3 aromatic rings. The van der Waals surface area contributed by atoms with Gasteiger partial charge in [0.15, 0.2) is 0 Å². The van der Waals surface area contributed by atoms with Gasteiger partial charge in [0.05, 0.1) is 41.0 Å². The van der Waals surface area contributed by atoms with E-state index in [9.17, 15) is 0 Å². The van der Waals surface area contributed by atoms with Crippen LogP contribution in [0.2, 0.25) is 0 Å². The van der Waals surface area contributed by atoms with Gasteiger partial charge in [0.2, 0.25) is 5.88 Å². The minimum absolute atomic E-state index is 0.0467. The van der Waals surface area contributed by atoms with Crippen LogP contribution in [0.4, 0.5) is 0 Å². The summed E-state index contributed by atoms with van der Waals surface area (Å²) in [7, 11) is 1.74. The maximum absolute atomic E-state index is 6.09. The lowest BCUT2D eigenvalue weighted by Gasteiger charge is -2.17. The summed E-state index contributed by atoms with van der Waals surface area (Å²) >= 11 is 0. The predicted molar refractivity (Wildman–Crippen MR) is 119 cm³/mol. The van der Waals surface area contributed by atoms with Crippen molar-refractivity contribution in [3.63, 3.8) is 0 Å². The molecule has 3 heterocycles. The van der Waals surface area contributed by atoms with Crippen LogP contribution in [-0.4, -0.2) is 34.4 Å². The Morgan fingerprint density at radius 2 is 1.72 bits per heavy atom. The average molecular weight is 396 g/mol. The van der Waals surface area contributed by atoms with Crippen molar-refractivity contribution in [1.82, 2.24) is 14.5 Å². The number of hydrogen-bond donors (Lipinski definition) is 0. The van der Waals surface area contributed by atoms with Gasteiger partial charge in [0.1, 0.15) is 0 Å². The second-order valence-electron chi connectivity index (χ2n) is 8.46. The third-order valence-electron chi connectivity index (χ3n) is 5.14. The molecule has 0 aliphatic heterocycles. The predicted octanol–water partition coefficient (Wildman–Crippen LogP) is 5.83. The van der Waals surface area contributed by atoms with Crippen molar-refractivity contribution in [3.8, 4) is 17.1 Å². The van der Waals surface area contributed by atoms with Crippen LogP contribution >= 0.6 is 0 Å². The van der Waals surface area contributed by atoms with Crippen molar-refractivity contribution in [3.05, 3.63) is 41.2 Å². The Bertz CT molecular complexity index is 1010. The highest BCUT2D eigenvalue weighted by molar-refractivity contribution is 5.85. The second kappa shape index (κ2) is 8.54. The highest BCUT2D eigenvalue weighted by Crippen LogP contribution is 2.35. The highest BCUT2D eigenvalue weighted by atomic mass is 16.5. The highest BCUT2D eigenvalue weighted by Gasteiger charge is 2.19. The largest absolute Gasteiger partial charge is 0.474 e. The Labute approximate surface area is 174 Å². The van der Waals surface area contributed by atoms with Crippen LogP contribution in [0.3, 0.4) is 0 Å². The molecule has 0 aromatic carbocycles. The Hall–Kier alpha value is -2.40. The first-order valence-electron chi connectivity index (χ1n) is 10.4. The molecule has 5 nitrogen and oxygen atoms in total. The molecule has 1 atom stereocenters. The maximum Gasteiger partial charge on any atom is 0.223 e. The van der Waals surface area contributed by atoms with Crippen molar-refractivity contribution < 1.29 is 9.47 Å². The number of methoxy groups -OCH3 is 1. The van der Waals surface area contributed by atoms with Gasteiger partial charge in [0.25, 0.3) is 0 Å². The molecular formula is C24H33N3O2. The van der Waals surface area contributed by atoms with E-state index in [-0.39, 0.29) is 12.1 Å². The van der Waals surface area contributed by atoms with Gasteiger partial charge in [-0.1, -0.05) is 13.8 Å². The van der Waals surface area contributed by atoms with E-state index in [1.165, 1.54) is 0 Å². The van der Waals surface area contributed by atoms with E-state index in [1.54, 1.807) is 7.11 Å². The molecular weight excluding hydrogens is 362 g/mol. The summed E-state index contributed by atoms with van der Waals surface area (Å²) in [6, 6.07) is 6.64. The summed E-state index contributed by atoms with van der Waals surface area (Å²) in [5.74, 6) is 1.000. The number of fused-ring (bicyclic) bond motifs is 1. The molecule has 0 aliphatic carbocycles. The summed E-state index contributed by atoms with van der Waals surface area (Å²) in [5, 5.41) is 0. The molecule has 0 amide bonds. The lowest BCUT2D eigenvalue weighted by Crippen LogP contribution is -2.11. The first-order chi connectivity index (χ1) is 13.7. The summed E-state index contributed by atoms with van der Waals surface area (Å²) < 4.78 is 13.7. The maximum atomic E-state index is 6.09. The van der Waals surface area contributed by atoms with Crippen molar-refractivity contribution in [2.75, 3.05) is 13.7 Å². The van der Waals surface area contributed by atoms with Crippen molar-refractivity contribution >= 4 is 11.0 Å². The van der Waals surface area contributed by atoms with E-state index in [4.69, 9.17) is 19.4 Å². The van der Waals surface area contributed by atoms with E-state index >= 15 is 0 Å². The number of aryl methyl sites for hydroxylation is 2. The van der Waals surface area contributed by atoms with Crippen LogP contribution in [0.1, 0.15) is 63.4 Å². The SMILES string of the molecule is COC[C@H](C)n1cc(C)c2nc(-c3ccc(C(C)C)nc3OC(C)C)c(C)cc21. The van der Waals surface area contributed by atoms with Crippen LogP contribution in [0, 0.1) is 13.8 Å². The van der Waals surface area contributed by atoms with Gasteiger partial charge < -0.3 is 14.0 Å². The fraction of sp³-hybridized carbons (Fsp3) is 0.500. The molecule has 0 saturated carbocycles. The molecule has 5 heteroatoms. The van der Waals surface area contributed by atoms with Crippen LogP contribution in [0.25, 0.3) is 22.3 Å². The smallest absolute Gasteiger partial charge is 0.223 e. The fourth-order valence-corrected chi connectivity index (χ4v) is 3.65. The molecule has 0 saturated heterocycles. The minimum atomic E-state index is 0.0467. The zero-order valence-corrected chi connectivity index (χ0v) is 18.9. The topological polar surface area (TPSA) is 49.2 Å². The van der Waals surface area contributed by atoms with E-state index in [1.807, 2.05) is 13.8 Å². The van der Waals surface area contributed by atoms with Gasteiger partial charge in [-0.25, -0.2) is 9.97 Å². The monoisotopic (exact) mass is 395 g/mol. The molecule has 29 heavy (non-hydrogen) atoms. The molecule has 3 rings (SSSR count). The first kappa shape index (κ1) is 21.3.